The second-order valence-corrected chi connectivity index (χ2v) is 6.97. The highest BCUT2D eigenvalue weighted by atomic mass is 35.5. The van der Waals surface area contributed by atoms with E-state index in [1.807, 2.05) is 6.07 Å². The zero-order valence-electron chi connectivity index (χ0n) is 12.4. The lowest BCUT2D eigenvalue weighted by Crippen LogP contribution is -2.38. The summed E-state index contributed by atoms with van der Waals surface area (Å²) >= 11 is 6.21. The zero-order chi connectivity index (χ0) is 14.1. The van der Waals surface area contributed by atoms with Gasteiger partial charge in [-0.3, -0.25) is 0 Å². The number of halogens is 1. The smallest absolute Gasteiger partial charge is 0.127 e. The molecule has 1 N–H and O–H groups in total. The Balaban J connectivity index is 1.67. The predicted octanol–water partition coefficient (Wildman–Crippen LogP) is 4.19. The lowest BCUT2D eigenvalue weighted by Gasteiger charge is -2.33. The van der Waals surface area contributed by atoms with Crippen molar-refractivity contribution in [3.05, 3.63) is 28.3 Å². The molecule has 3 rings (SSSR count). The Bertz CT molecular complexity index is 488. The van der Waals surface area contributed by atoms with Crippen LogP contribution < -0.4 is 10.1 Å². The summed E-state index contributed by atoms with van der Waals surface area (Å²) in [4.78, 5) is 0. The van der Waals surface area contributed by atoms with Gasteiger partial charge in [-0.15, -0.1) is 0 Å². The van der Waals surface area contributed by atoms with Gasteiger partial charge in [0.1, 0.15) is 5.75 Å². The first-order chi connectivity index (χ1) is 9.63. The van der Waals surface area contributed by atoms with Crippen LogP contribution in [0.5, 0.6) is 5.75 Å². The minimum Gasteiger partial charge on any atom is -0.493 e. The van der Waals surface area contributed by atoms with Crippen molar-refractivity contribution in [3.63, 3.8) is 0 Å². The van der Waals surface area contributed by atoms with Crippen LogP contribution >= 0.6 is 11.6 Å². The van der Waals surface area contributed by atoms with Gasteiger partial charge < -0.3 is 10.1 Å². The van der Waals surface area contributed by atoms with E-state index in [0.29, 0.717) is 6.04 Å². The molecule has 0 saturated heterocycles. The molecule has 1 saturated carbocycles. The Morgan fingerprint density at radius 2 is 2.15 bits per heavy atom. The van der Waals surface area contributed by atoms with E-state index in [4.69, 9.17) is 16.3 Å². The third-order valence-corrected chi connectivity index (χ3v) is 5.03. The molecule has 20 heavy (non-hydrogen) atoms. The van der Waals surface area contributed by atoms with Gasteiger partial charge in [-0.1, -0.05) is 25.4 Å². The van der Waals surface area contributed by atoms with Crippen molar-refractivity contribution in [2.24, 2.45) is 11.8 Å². The summed E-state index contributed by atoms with van der Waals surface area (Å²) in [6, 6.07) is 4.72. The number of nitrogens with one attached hydrogen (secondary N) is 1. The average molecular weight is 294 g/mol. The summed E-state index contributed by atoms with van der Waals surface area (Å²) in [7, 11) is 0. The highest BCUT2D eigenvalue weighted by Crippen LogP contribution is 2.34. The van der Waals surface area contributed by atoms with Crippen molar-refractivity contribution >= 4 is 11.6 Å². The summed E-state index contributed by atoms with van der Waals surface area (Å²) in [5.41, 5.74) is 2.48. The topological polar surface area (TPSA) is 21.3 Å². The van der Waals surface area contributed by atoms with E-state index in [9.17, 15) is 0 Å². The Hall–Kier alpha value is -0.730. The van der Waals surface area contributed by atoms with Gasteiger partial charge in [-0.25, -0.2) is 0 Å². The highest BCUT2D eigenvalue weighted by molar-refractivity contribution is 6.30. The van der Waals surface area contributed by atoms with Gasteiger partial charge >= 0.3 is 0 Å². The van der Waals surface area contributed by atoms with Gasteiger partial charge in [0.05, 0.1) is 6.61 Å². The molecule has 0 spiro atoms. The second-order valence-electron chi connectivity index (χ2n) is 6.53. The summed E-state index contributed by atoms with van der Waals surface area (Å²) in [5, 5.41) is 4.56. The Kier molecular flexibility index (Phi) is 4.23. The monoisotopic (exact) mass is 293 g/mol. The van der Waals surface area contributed by atoms with Gasteiger partial charge in [0.15, 0.2) is 0 Å². The van der Waals surface area contributed by atoms with E-state index in [1.165, 1.54) is 30.4 Å². The molecule has 2 nitrogen and oxygen atoms in total. The quantitative estimate of drug-likeness (QED) is 0.902. The lowest BCUT2D eigenvalue weighted by atomic mass is 9.80. The van der Waals surface area contributed by atoms with Crippen molar-refractivity contribution in [2.75, 3.05) is 6.61 Å². The first-order valence-electron chi connectivity index (χ1n) is 7.81. The maximum atomic E-state index is 6.21. The van der Waals surface area contributed by atoms with Crippen molar-refractivity contribution in [1.82, 2.24) is 5.32 Å². The molecule has 0 amide bonds. The van der Waals surface area contributed by atoms with Crippen LogP contribution in [0.4, 0.5) is 0 Å². The third kappa shape index (κ3) is 2.96. The molecule has 2 aliphatic rings. The van der Waals surface area contributed by atoms with Crippen LogP contribution in [0.1, 0.15) is 44.2 Å². The largest absolute Gasteiger partial charge is 0.493 e. The van der Waals surface area contributed by atoms with E-state index >= 15 is 0 Å². The number of benzene rings is 1. The molecule has 1 aliphatic carbocycles. The first-order valence-corrected chi connectivity index (χ1v) is 8.18. The molecule has 110 valence electrons. The number of ether oxygens (including phenoxy) is 1. The molecule has 1 heterocycles. The van der Waals surface area contributed by atoms with Crippen LogP contribution in [-0.2, 0) is 13.0 Å². The fourth-order valence-electron chi connectivity index (χ4n) is 3.69. The van der Waals surface area contributed by atoms with Gasteiger partial charge in [-0.05, 0) is 48.8 Å². The summed E-state index contributed by atoms with van der Waals surface area (Å²) < 4.78 is 5.77. The minimum atomic E-state index is 0.627. The number of rotatable bonds is 3. The molecule has 0 aromatic heterocycles. The zero-order valence-corrected chi connectivity index (χ0v) is 13.2. The van der Waals surface area contributed by atoms with Crippen LogP contribution in [-0.4, -0.2) is 12.6 Å². The van der Waals surface area contributed by atoms with Gasteiger partial charge in [0.25, 0.3) is 0 Å². The molecular formula is C17H24ClNO. The van der Waals surface area contributed by atoms with E-state index in [1.54, 1.807) is 0 Å². The standard InChI is InChI=1S/C17H24ClNO/c1-11-3-4-16(12(2)7-11)19-10-14-9-15(18)8-13-5-6-20-17(13)14/h8-9,11-12,16,19H,3-7,10H2,1-2H3. The second kappa shape index (κ2) is 5.95. The fourth-order valence-corrected chi connectivity index (χ4v) is 3.95. The maximum Gasteiger partial charge on any atom is 0.127 e. The fraction of sp³-hybridized carbons (Fsp3) is 0.647. The number of hydrogen-bond acceptors (Lipinski definition) is 2. The summed E-state index contributed by atoms with van der Waals surface area (Å²) in [5.74, 6) is 2.70. The lowest BCUT2D eigenvalue weighted by molar-refractivity contribution is 0.226. The van der Waals surface area contributed by atoms with Gasteiger partial charge in [-0.2, -0.15) is 0 Å². The molecule has 1 fully saturated rings. The molecule has 0 bridgehead atoms. The Morgan fingerprint density at radius 1 is 1.30 bits per heavy atom. The van der Waals surface area contributed by atoms with E-state index in [2.05, 4.69) is 25.2 Å². The van der Waals surface area contributed by atoms with Crippen molar-refractivity contribution in [3.8, 4) is 5.75 Å². The molecule has 1 aromatic carbocycles. The number of fused-ring (bicyclic) bond motifs is 1. The van der Waals surface area contributed by atoms with Crippen molar-refractivity contribution in [2.45, 2.75) is 52.1 Å². The summed E-state index contributed by atoms with van der Waals surface area (Å²) in [6.07, 6.45) is 4.94. The molecule has 1 aromatic rings. The van der Waals surface area contributed by atoms with Crippen LogP contribution in [0.3, 0.4) is 0 Å². The SMILES string of the molecule is CC1CCC(NCc2cc(Cl)cc3c2OCC3)C(C)C1. The number of hydrogen-bond donors (Lipinski definition) is 1. The van der Waals surface area contributed by atoms with E-state index < -0.39 is 0 Å². The van der Waals surface area contributed by atoms with E-state index in [-0.39, 0.29) is 0 Å². The van der Waals surface area contributed by atoms with Crippen molar-refractivity contribution < 1.29 is 4.74 Å². The Labute approximate surface area is 126 Å². The van der Waals surface area contributed by atoms with Crippen LogP contribution in [0, 0.1) is 11.8 Å². The van der Waals surface area contributed by atoms with Crippen molar-refractivity contribution in [1.29, 1.82) is 0 Å². The molecule has 3 heteroatoms. The highest BCUT2D eigenvalue weighted by Gasteiger charge is 2.25. The molecule has 3 atom stereocenters. The summed E-state index contributed by atoms with van der Waals surface area (Å²) in [6.45, 7) is 6.39. The van der Waals surface area contributed by atoms with Crippen LogP contribution in [0.2, 0.25) is 5.02 Å². The van der Waals surface area contributed by atoms with E-state index in [0.717, 1.165) is 42.2 Å². The van der Waals surface area contributed by atoms with Gasteiger partial charge in [0.2, 0.25) is 0 Å². The third-order valence-electron chi connectivity index (χ3n) is 4.81. The first kappa shape index (κ1) is 14.2. The normalized spacial score (nSPS) is 29.1. The molecule has 1 aliphatic heterocycles. The average Bonchev–Trinajstić information content (AvgIpc) is 2.85. The molecule has 3 unspecified atom stereocenters. The predicted molar refractivity (Wildman–Crippen MR) is 83.5 cm³/mol. The van der Waals surface area contributed by atoms with Crippen LogP contribution in [0.25, 0.3) is 0 Å². The maximum absolute atomic E-state index is 6.21. The van der Waals surface area contributed by atoms with Crippen LogP contribution in [0.15, 0.2) is 12.1 Å². The molecule has 0 radical (unpaired) electrons. The molecular weight excluding hydrogens is 270 g/mol. The minimum absolute atomic E-state index is 0.627. The van der Waals surface area contributed by atoms with Gasteiger partial charge in [0, 0.05) is 29.6 Å². The Morgan fingerprint density at radius 3 is 2.95 bits per heavy atom.